The summed E-state index contributed by atoms with van der Waals surface area (Å²) in [5, 5.41) is 11.4. The average Bonchev–Trinajstić information content (AvgIpc) is 2.32. The Kier molecular flexibility index (Phi) is 5.37. The molecule has 0 saturated heterocycles. The summed E-state index contributed by atoms with van der Waals surface area (Å²) in [4.78, 5) is 1.98. The SMILES string of the molecule is CCN(CC(N)=NO)Cc1ccc(F)c(Br)c1. The molecule has 0 unspecified atom stereocenters. The van der Waals surface area contributed by atoms with E-state index >= 15 is 0 Å². The molecule has 17 heavy (non-hydrogen) atoms. The molecule has 1 rings (SSSR count). The van der Waals surface area contributed by atoms with Crippen LogP contribution in [0.25, 0.3) is 0 Å². The Balaban J connectivity index is 2.70. The Morgan fingerprint density at radius 3 is 2.82 bits per heavy atom. The molecule has 94 valence electrons. The fourth-order valence-corrected chi connectivity index (χ4v) is 1.86. The van der Waals surface area contributed by atoms with Gasteiger partial charge < -0.3 is 10.9 Å². The van der Waals surface area contributed by atoms with E-state index in [2.05, 4.69) is 21.1 Å². The van der Waals surface area contributed by atoms with Gasteiger partial charge in [0, 0.05) is 6.54 Å². The lowest BCUT2D eigenvalue weighted by Gasteiger charge is -2.19. The number of hydrogen-bond donors (Lipinski definition) is 2. The second-order valence-corrected chi connectivity index (χ2v) is 4.50. The zero-order valence-electron chi connectivity index (χ0n) is 9.53. The van der Waals surface area contributed by atoms with Crippen LogP contribution in [0.2, 0.25) is 0 Å². The smallest absolute Gasteiger partial charge is 0.153 e. The Morgan fingerprint density at radius 2 is 2.29 bits per heavy atom. The van der Waals surface area contributed by atoms with E-state index in [1.165, 1.54) is 6.07 Å². The minimum atomic E-state index is -0.284. The van der Waals surface area contributed by atoms with Crippen LogP contribution in [0, 0.1) is 5.82 Å². The predicted octanol–water partition coefficient (Wildman–Crippen LogP) is 2.16. The predicted molar refractivity (Wildman–Crippen MR) is 68.5 cm³/mol. The summed E-state index contributed by atoms with van der Waals surface area (Å²) < 4.78 is 13.5. The molecule has 0 heterocycles. The molecule has 1 aromatic rings. The van der Waals surface area contributed by atoms with Gasteiger partial charge in [-0.3, -0.25) is 4.90 Å². The van der Waals surface area contributed by atoms with Gasteiger partial charge in [0.25, 0.3) is 0 Å². The number of oxime groups is 1. The summed E-state index contributed by atoms with van der Waals surface area (Å²) in [6.45, 7) is 3.72. The highest BCUT2D eigenvalue weighted by Gasteiger charge is 2.07. The molecule has 0 saturated carbocycles. The van der Waals surface area contributed by atoms with Crippen molar-refractivity contribution in [1.82, 2.24) is 4.90 Å². The second kappa shape index (κ2) is 6.56. The Bertz CT molecular complexity index is 412. The minimum absolute atomic E-state index is 0.160. The lowest BCUT2D eigenvalue weighted by atomic mass is 10.2. The van der Waals surface area contributed by atoms with Crippen LogP contribution >= 0.6 is 15.9 Å². The maximum Gasteiger partial charge on any atom is 0.153 e. The third-order valence-electron chi connectivity index (χ3n) is 2.35. The first-order chi connectivity index (χ1) is 8.06. The standard InChI is InChI=1S/C11H15BrFN3O/c1-2-16(7-11(14)15-17)6-8-3-4-10(13)9(12)5-8/h3-5,17H,2,6-7H2,1H3,(H2,14,15). The number of amidine groups is 1. The monoisotopic (exact) mass is 303 g/mol. The molecular weight excluding hydrogens is 289 g/mol. The zero-order chi connectivity index (χ0) is 12.8. The van der Waals surface area contributed by atoms with Gasteiger partial charge in [-0.05, 0) is 40.2 Å². The molecular formula is C11H15BrFN3O. The highest BCUT2D eigenvalue weighted by atomic mass is 79.9. The summed E-state index contributed by atoms with van der Waals surface area (Å²) in [6.07, 6.45) is 0. The number of benzene rings is 1. The number of nitrogens with zero attached hydrogens (tertiary/aromatic N) is 2. The van der Waals surface area contributed by atoms with E-state index in [4.69, 9.17) is 10.9 Å². The summed E-state index contributed by atoms with van der Waals surface area (Å²) in [7, 11) is 0. The first-order valence-corrected chi connectivity index (χ1v) is 5.98. The summed E-state index contributed by atoms with van der Waals surface area (Å²) in [5.41, 5.74) is 6.41. The van der Waals surface area contributed by atoms with Crippen molar-refractivity contribution in [2.45, 2.75) is 13.5 Å². The third kappa shape index (κ3) is 4.32. The van der Waals surface area contributed by atoms with Crippen LogP contribution in [0.4, 0.5) is 4.39 Å². The highest BCUT2D eigenvalue weighted by molar-refractivity contribution is 9.10. The summed E-state index contributed by atoms with van der Waals surface area (Å²) >= 11 is 3.14. The normalized spacial score (nSPS) is 12.1. The van der Waals surface area contributed by atoms with E-state index in [0.717, 1.165) is 12.1 Å². The van der Waals surface area contributed by atoms with Crippen molar-refractivity contribution in [3.8, 4) is 0 Å². The number of hydrogen-bond acceptors (Lipinski definition) is 3. The Hall–Kier alpha value is -1.14. The number of nitrogens with two attached hydrogens (primary N) is 1. The van der Waals surface area contributed by atoms with Crippen molar-refractivity contribution in [3.05, 3.63) is 34.1 Å². The van der Waals surface area contributed by atoms with Crippen LogP contribution in [0.3, 0.4) is 0 Å². The van der Waals surface area contributed by atoms with Crippen LogP contribution in [0.1, 0.15) is 12.5 Å². The van der Waals surface area contributed by atoms with E-state index in [9.17, 15) is 4.39 Å². The quantitative estimate of drug-likeness (QED) is 0.379. The summed E-state index contributed by atoms with van der Waals surface area (Å²) in [5.74, 6) is -0.124. The van der Waals surface area contributed by atoms with E-state index in [1.807, 2.05) is 11.8 Å². The summed E-state index contributed by atoms with van der Waals surface area (Å²) in [6, 6.07) is 4.86. The molecule has 4 nitrogen and oxygen atoms in total. The van der Waals surface area contributed by atoms with Crippen LogP contribution in [0.5, 0.6) is 0 Å². The molecule has 3 N–H and O–H groups in total. The number of likely N-dealkylation sites (N-methyl/N-ethyl adjacent to an activating group) is 1. The molecule has 0 fully saturated rings. The van der Waals surface area contributed by atoms with Crippen LogP contribution in [-0.4, -0.2) is 29.0 Å². The van der Waals surface area contributed by atoms with Crippen molar-refractivity contribution in [2.24, 2.45) is 10.9 Å². The van der Waals surface area contributed by atoms with Crippen molar-refractivity contribution in [3.63, 3.8) is 0 Å². The van der Waals surface area contributed by atoms with Crippen molar-refractivity contribution < 1.29 is 9.60 Å². The number of rotatable bonds is 5. The Labute approximate surface area is 108 Å². The molecule has 0 atom stereocenters. The van der Waals surface area contributed by atoms with Crippen LogP contribution in [0.15, 0.2) is 27.8 Å². The largest absolute Gasteiger partial charge is 0.409 e. The van der Waals surface area contributed by atoms with Gasteiger partial charge in [-0.15, -0.1) is 0 Å². The van der Waals surface area contributed by atoms with E-state index in [0.29, 0.717) is 17.6 Å². The molecule has 0 aliphatic rings. The van der Waals surface area contributed by atoms with Crippen molar-refractivity contribution in [2.75, 3.05) is 13.1 Å². The van der Waals surface area contributed by atoms with Crippen molar-refractivity contribution in [1.29, 1.82) is 0 Å². The van der Waals surface area contributed by atoms with Crippen LogP contribution in [-0.2, 0) is 6.54 Å². The second-order valence-electron chi connectivity index (χ2n) is 3.64. The molecule has 1 aromatic carbocycles. The molecule has 0 spiro atoms. The van der Waals surface area contributed by atoms with Gasteiger partial charge in [-0.1, -0.05) is 18.1 Å². The molecule has 0 amide bonds. The topological polar surface area (TPSA) is 61.8 Å². The van der Waals surface area contributed by atoms with Gasteiger partial charge in [0.1, 0.15) is 5.82 Å². The van der Waals surface area contributed by atoms with E-state index in [1.54, 1.807) is 12.1 Å². The van der Waals surface area contributed by atoms with E-state index in [-0.39, 0.29) is 11.7 Å². The molecule has 0 aliphatic heterocycles. The number of halogens is 2. The molecule has 6 heteroatoms. The highest BCUT2D eigenvalue weighted by Crippen LogP contribution is 2.17. The minimum Gasteiger partial charge on any atom is -0.409 e. The first kappa shape index (κ1) is 13.9. The fraction of sp³-hybridized carbons (Fsp3) is 0.364. The van der Waals surface area contributed by atoms with Gasteiger partial charge in [-0.2, -0.15) is 0 Å². The van der Waals surface area contributed by atoms with Gasteiger partial charge in [0.15, 0.2) is 5.84 Å². The van der Waals surface area contributed by atoms with Gasteiger partial charge in [0.2, 0.25) is 0 Å². The Morgan fingerprint density at radius 1 is 1.59 bits per heavy atom. The van der Waals surface area contributed by atoms with Gasteiger partial charge in [0.05, 0.1) is 11.0 Å². The van der Waals surface area contributed by atoms with Crippen molar-refractivity contribution >= 4 is 21.8 Å². The fourth-order valence-electron chi connectivity index (χ4n) is 1.44. The van der Waals surface area contributed by atoms with E-state index < -0.39 is 0 Å². The van der Waals surface area contributed by atoms with Crippen LogP contribution < -0.4 is 5.73 Å². The maximum absolute atomic E-state index is 13.1. The molecule has 0 bridgehead atoms. The molecule has 0 aliphatic carbocycles. The van der Waals surface area contributed by atoms with Gasteiger partial charge in [-0.25, -0.2) is 4.39 Å². The maximum atomic E-state index is 13.1. The first-order valence-electron chi connectivity index (χ1n) is 5.19. The third-order valence-corrected chi connectivity index (χ3v) is 2.96. The van der Waals surface area contributed by atoms with Gasteiger partial charge >= 0.3 is 0 Å². The average molecular weight is 304 g/mol. The lowest BCUT2D eigenvalue weighted by molar-refractivity contribution is 0.294. The molecule has 0 radical (unpaired) electrons. The zero-order valence-corrected chi connectivity index (χ0v) is 11.1. The lowest BCUT2D eigenvalue weighted by Crippen LogP contribution is -2.33. The molecule has 0 aromatic heterocycles.